The van der Waals surface area contributed by atoms with Gasteiger partial charge in [-0.15, -0.1) is 0 Å². The zero-order valence-corrected chi connectivity index (χ0v) is 13.3. The molecule has 4 heteroatoms. The number of benzene rings is 1. The lowest BCUT2D eigenvalue weighted by Crippen LogP contribution is -2.45. The van der Waals surface area contributed by atoms with Crippen LogP contribution >= 0.6 is 0 Å². The van der Waals surface area contributed by atoms with E-state index in [0.717, 1.165) is 19.6 Å². The third-order valence-corrected chi connectivity index (χ3v) is 4.51. The molecule has 0 saturated carbocycles. The number of halogens is 1. The van der Waals surface area contributed by atoms with Crippen LogP contribution in [0.5, 0.6) is 0 Å². The number of aliphatic hydroxyl groups is 1. The summed E-state index contributed by atoms with van der Waals surface area (Å²) in [6.07, 6.45) is 2.52. The van der Waals surface area contributed by atoms with Gasteiger partial charge in [-0.3, -0.25) is 0 Å². The smallest absolute Gasteiger partial charge is 0.126 e. The summed E-state index contributed by atoms with van der Waals surface area (Å²) in [5.41, 5.74) is 1.30. The summed E-state index contributed by atoms with van der Waals surface area (Å²) in [5, 5.41) is 10.2. The highest BCUT2D eigenvalue weighted by molar-refractivity contribution is 5.24. The molecule has 3 nitrogen and oxygen atoms in total. The molecule has 1 heterocycles. The van der Waals surface area contributed by atoms with E-state index in [1.54, 1.807) is 13.0 Å². The maximum Gasteiger partial charge on any atom is 0.126 e. The van der Waals surface area contributed by atoms with Crippen LogP contribution in [-0.4, -0.2) is 54.7 Å². The Morgan fingerprint density at radius 2 is 2.19 bits per heavy atom. The maximum atomic E-state index is 13.5. The molecule has 2 atom stereocenters. The molecule has 1 aromatic rings. The first-order chi connectivity index (χ1) is 9.97. The Hall–Kier alpha value is -0.970. The van der Waals surface area contributed by atoms with Gasteiger partial charge in [0.15, 0.2) is 0 Å². The molecule has 21 heavy (non-hydrogen) atoms. The van der Waals surface area contributed by atoms with Gasteiger partial charge in [0.2, 0.25) is 0 Å². The van der Waals surface area contributed by atoms with Crippen molar-refractivity contribution in [3.05, 3.63) is 35.1 Å². The Morgan fingerprint density at radius 1 is 1.43 bits per heavy atom. The molecule has 118 valence electrons. The fraction of sp³-hybridized carbons (Fsp3) is 0.647. The third-order valence-electron chi connectivity index (χ3n) is 4.51. The minimum Gasteiger partial charge on any atom is -0.388 e. The molecule has 1 N–H and O–H groups in total. The number of aryl methyl sites for hydroxylation is 1. The van der Waals surface area contributed by atoms with Crippen LogP contribution in [0.15, 0.2) is 18.2 Å². The summed E-state index contributed by atoms with van der Waals surface area (Å²) in [7, 11) is 4.25. The van der Waals surface area contributed by atoms with Crippen molar-refractivity contribution in [3.63, 3.8) is 0 Å². The summed E-state index contributed by atoms with van der Waals surface area (Å²) in [5.74, 6) is -0.239. The summed E-state index contributed by atoms with van der Waals surface area (Å²) in [6, 6.07) is 5.62. The van der Waals surface area contributed by atoms with Crippen LogP contribution in [0.4, 0.5) is 4.39 Å². The van der Waals surface area contributed by atoms with Gasteiger partial charge in [-0.2, -0.15) is 0 Å². The van der Waals surface area contributed by atoms with Crippen LogP contribution in [0, 0.1) is 12.7 Å². The Kier molecular flexibility index (Phi) is 5.73. The van der Waals surface area contributed by atoms with Gasteiger partial charge in [-0.05, 0) is 64.0 Å². The number of aliphatic hydroxyl groups excluding tert-OH is 1. The summed E-state index contributed by atoms with van der Waals surface area (Å²) in [6.45, 7) is 4.75. The second-order valence-electron chi connectivity index (χ2n) is 6.37. The predicted octanol–water partition coefficient (Wildman–Crippen LogP) is 2.58. The molecule has 0 bridgehead atoms. The van der Waals surface area contributed by atoms with Gasteiger partial charge in [0.1, 0.15) is 5.82 Å². The molecule has 0 radical (unpaired) electrons. The van der Waals surface area contributed by atoms with Crippen molar-refractivity contribution in [1.29, 1.82) is 0 Å². The Bertz CT molecular complexity index is 464. The highest BCUT2D eigenvalue weighted by atomic mass is 19.1. The first-order valence-electron chi connectivity index (χ1n) is 7.80. The summed E-state index contributed by atoms with van der Waals surface area (Å²) < 4.78 is 13.5. The second kappa shape index (κ2) is 7.34. The van der Waals surface area contributed by atoms with Gasteiger partial charge in [0.25, 0.3) is 0 Å². The number of hydrogen-bond donors (Lipinski definition) is 1. The van der Waals surface area contributed by atoms with E-state index in [4.69, 9.17) is 0 Å². The minimum absolute atomic E-state index is 0.239. The fourth-order valence-electron chi connectivity index (χ4n) is 2.94. The van der Waals surface area contributed by atoms with E-state index < -0.39 is 6.10 Å². The van der Waals surface area contributed by atoms with Crippen LogP contribution < -0.4 is 0 Å². The molecule has 0 amide bonds. The Morgan fingerprint density at radius 3 is 2.86 bits per heavy atom. The van der Waals surface area contributed by atoms with Crippen LogP contribution in [0.25, 0.3) is 0 Å². The van der Waals surface area contributed by atoms with E-state index in [-0.39, 0.29) is 5.82 Å². The standard InChI is InChI=1S/C17H27FN2O/c1-13-6-7-14(11-16(13)18)17(21)8-10-20-9-4-5-15(12-20)19(2)3/h6-7,11,15,17,21H,4-5,8-10,12H2,1-3H3. The molecular weight excluding hydrogens is 267 g/mol. The lowest BCUT2D eigenvalue weighted by Gasteiger charge is -2.36. The van der Waals surface area contributed by atoms with Gasteiger partial charge >= 0.3 is 0 Å². The topological polar surface area (TPSA) is 26.7 Å². The number of rotatable bonds is 5. The number of hydrogen-bond acceptors (Lipinski definition) is 3. The largest absolute Gasteiger partial charge is 0.388 e. The van der Waals surface area contributed by atoms with Crippen molar-refractivity contribution in [3.8, 4) is 0 Å². The van der Waals surface area contributed by atoms with E-state index in [1.807, 2.05) is 6.07 Å². The molecule has 0 aliphatic carbocycles. The number of piperidine rings is 1. The lowest BCUT2D eigenvalue weighted by molar-refractivity contribution is 0.102. The van der Waals surface area contributed by atoms with Crippen molar-refractivity contribution in [1.82, 2.24) is 9.80 Å². The highest BCUT2D eigenvalue weighted by Gasteiger charge is 2.21. The molecule has 1 aliphatic rings. The molecular formula is C17H27FN2O. The number of nitrogens with zero attached hydrogens (tertiary/aromatic N) is 2. The molecule has 1 aromatic carbocycles. The lowest BCUT2D eigenvalue weighted by atomic mass is 10.0. The van der Waals surface area contributed by atoms with Crippen molar-refractivity contribution < 1.29 is 9.50 Å². The summed E-state index contributed by atoms with van der Waals surface area (Å²) >= 11 is 0. The first kappa shape index (κ1) is 16.4. The molecule has 1 saturated heterocycles. The van der Waals surface area contributed by atoms with Crippen molar-refractivity contribution >= 4 is 0 Å². The normalized spacial score (nSPS) is 21.7. The van der Waals surface area contributed by atoms with E-state index in [9.17, 15) is 9.50 Å². The third kappa shape index (κ3) is 4.50. The van der Waals surface area contributed by atoms with Gasteiger partial charge < -0.3 is 14.9 Å². The fourth-order valence-corrected chi connectivity index (χ4v) is 2.94. The van der Waals surface area contributed by atoms with Crippen LogP contribution in [0.3, 0.4) is 0 Å². The van der Waals surface area contributed by atoms with Gasteiger partial charge in [-0.1, -0.05) is 12.1 Å². The zero-order chi connectivity index (χ0) is 15.4. The molecule has 0 aromatic heterocycles. The Balaban J connectivity index is 1.85. The van der Waals surface area contributed by atoms with Gasteiger partial charge in [-0.25, -0.2) is 4.39 Å². The summed E-state index contributed by atoms with van der Waals surface area (Å²) in [4.78, 5) is 4.68. The quantitative estimate of drug-likeness (QED) is 0.904. The van der Waals surface area contributed by atoms with Crippen molar-refractivity contribution in [2.45, 2.75) is 38.3 Å². The molecule has 0 spiro atoms. The monoisotopic (exact) mass is 294 g/mol. The zero-order valence-electron chi connectivity index (χ0n) is 13.3. The van der Waals surface area contributed by atoms with Crippen LogP contribution in [0.1, 0.15) is 36.5 Å². The number of likely N-dealkylation sites (N-methyl/N-ethyl adjacent to an activating group) is 1. The average Bonchev–Trinajstić information content (AvgIpc) is 2.48. The molecule has 1 fully saturated rings. The average molecular weight is 294 g/mol. The first-order valence-corrected chi connectivity index (χ1v) is 7.80. The van der Waals surface area contributed by atoms with Crippen LogP contribution in [-0.2, 0) is 0 Å². The van der Waals surface area contributed by atoms with Gasteiger partial charge in [0.05, 0.1) is 6.10 Å². The molecule has 2 rings (SSSR count). The van der Waals surface area contributed by atoms with Crippen LogP contribution in [0.2, 0.25) is 0 Å². The van der Waals surface area contributed by atoms with Crippen molar-refractivity contribution in [2.75, 3.05) is 33.7 Å². The maximum absolute atomic E-state index is 13.5. The highest BCUT2D eigenvalue weighted by Crippen LogP contribution is 2.21. The SMILES string of the molecule is Cc1ccc(C(O)CCN2CCCC(N(C)C)C2)cc1F. The predicted molar refractivity (Wildman–Crippen MR) is 83.9 cm³/mol. The van der Waals surface area contributed by atoms with E-state index in [2.05, 4.69) is 23.9 Å². The minimum atomic E-state index is -0.583. The second-order valence-corrected chi connectivity index (χ2v) is 6.37. The van der Waals surface area contributed by atoms with E-state index in [1.165, 1.54) is 18.9 Å². The number of likely N-dealkylation sites (tertiary alicyclic amines) is 1. The Labute approximate surface area is 127 Å². The van der Waals surface area contributed by atoms with Crippen molar-refractivity contribution in [2.24, 2.45) is 0 Å². The molecule has 1 aliphatic heterocycles. The van der Waals surface area contributed by atoms with E-state index >= 15 is 0 Å². The van der Waals surface area contributed by atoms with Gasteiger partial charge in [0, 0.05) is 19.1 Å². The molecule has 2 unspecified atom stereocenters. The van der Waals surface area contributed by atoms with E-state index in [0.29, 0.717) is 23.6 Å².